The quantitative estimate of drug-likeness (QED) is 0.465. The molecular weight excluding hydrogens is 378 g/mol. The third kappa shape index (κ3) is 4.45. The third-order valence-corrected chi connectivity index (χ3v) is 9.98. The van der Waals surface area contributed by atoms with Gasteiger partial charge in [-0.15, -0.1) is 0 Å². The molecule has 3 aromatic carbocycles. The van der Waals surface area contributed by atoms with Crippen molar-refractivity contribution in [2.45, 2.75) is 38.9 Å². The Morgan fingerprint density at radius 2 is 1.48 bits per heavy atom. The molecule has 151 valence electrons. The first-order valence-corrected chi connectivity index (χ1v) is 12.6. The lowest BCUT2D eigenvalue weighted by Crippen LogP contribution is -2.43. The van der Waals surface area contributed by atoms with E-state index in [1.54, 1.807) is 24.3 Å². The minimum Gasteiger partial charge on any atom is -0.543 e. The largest absolute Gasteiger partial charge is 0.543 e. The molecule has 0 bridgehead atoms. The van der Waals surface area contributed by atoms with Crippen LogP contribution in [0, 0.1) is 6.92 Å². The first-order chi connectivity index (χ1) is 13.5. The van der Waals surface area contributed by atoms with Crippen LogP contribution in [0.1, 0.15) is 26.3 Å². The summed E-state index contributed by atoms with van der Waals surface area (Å²) >= 11 is 0. The summed E-state index contributed by atoms with van der Waals surface area (Å²) < 4.78 is 6.40. The highest BCUT2D eigenvalue weighted by Gasteiger charge is 2.38. The van der Waals surface area contributed by atoms with Crippen LogP contribution in [0.4, 0.5) is 16.2 Å². The van der Waals surface area contributed by atoms with Gasteiger partial charge in [0.1, 0.15) is 5.75 Å². The molecule has 4 nitrogen and oxygen atoms in total. The summed E-state index contributed by atoms with van der Waals surface area (Å²) in [6.45, 7) is 15.0. The Labute approximate surface area is 173 Å². The number of carbonyl (C=O) groups is 1. The van der Waals surface area contributed by atoms with Crippen molar-refractivity contribution in [3.63, 3.8) is 0 Å². The van der Waals surface area contributed by atoms with Crippen molar-refractivity contribution in [2.75, 3.05) is 4.90 Å². The van der Waals surface area contributed by atoms with E-state index in [4.69, 9.17) is 4.43 Å². The maximum absolute atomic E-state index is 11.9. The highest BCUT2D eigenvalue weighted by Crippen LogP contribution is 2.38. The Hall–Kier alpha value is -2.79. The van der Waals surface area contributed by atoms with Crippen LogP contribution in [0.25, 0.3) is 10.8 Å². The summed E-state index contributed by atoms with van der Waals surface area (Å²) in [5, 5.41) is 11.9. The molecular formula is C24H28NO3Si. The molecule has 0 atom stereocenters. The maximum Gasteiger partial charge on any atom is 0.416 e. The van der Waals surface area contributed by atoms with Crippen LogP contribution in [-0.2, 0) is 0 Å². The molecule has 0 heterocycles. The topological polar surface area (TPSA) is 49.8 Å². The SMILES string of the molecule is [CH2]c1ccc(N(C(=O)O)c2ccc3cc(O[Si](C)(C)C(C)(C)C)ccc3c2)cc1. The molecule has 0 saturated carbocycles. The Balaban J connectivity index is 1.96. The van der Waals surface area contributed by atoms with E-state index in [-0.39, 0.29) is 5.04 Å². The van der Waals surface area contributed by atoms with Crippen LogP contribution in [-0.4, -0.2) is 19.5 Å². The van der Waals surface area contributed by atoms with Gasteiger partial charge in [0.2, 0.25) is 8.32 Å². The van der Waals surface area contributed by atoms with Crippen molar-refractivity contribution in [2.24, 2.45) is 0 Å². The Bertz CT molecular complexity index is 1040. The molecule has 0 saturated heterocycles. The van der Waals surface area contributed by atoms with Crippen molar-refractivity contribution in [1.29, 1.82) is 0 Å². The number of nitrogens with zero attached hydrogens (tertiary/aromatic N) is 1. The second kappa shape index (κ2) is 7.56. The first kappa shape index (κ1) is 20.9. The lowest BCUT2D eigenvalue weighted by Gasteiger charge is -2.36. The van der Waals surface area contributed by atoms with Crippen LogP contribution < -0.4 is 9.33 Å². The smallest absolute Gasteiger partial charge is 0.416 e. The number of amides is 1. The van der Waals surface area contributed by atoms with Crippen LogP contribution in [0.15, 0.2) is 60.7 Å². The standard InChI is InChI=1S/C24H28NO3Si/c1-17-7-11-20(12-8-17)25(23(26)27)21-13-9-19-16-22(14-10-18(19)15-21)28-29(5,6)24(2,3)4/h7-16H,1H2,2-6H3,(H,26,27). The number of rotatable bonds is 4. The molecule has 0 aliphatic rings. The molecule has 0 aliphatic heterocycles. The predicted molar refractivity (Wildman–Crippen MR) is 123 cm³/mol. The number of carboxylic acid groups (broad SMARTS) is 1. The minimum absolute atomic E-state index is 0.122. The molecule has 1 amide bonds. The highest BCUT2D eigenvalue weighted by molar-refractivity contribution is 6.74. The Morgan fingerprint density at radius 3 is 2.07 bits per heavy atom. The van der Waals surface area contributed by atoms with Crippen LogP contribution in [0.5, 0.6) is 5.75 Å². The van der Waals surface area contributed by atoms with Gasteiger partial charge in [0.25, 0.3) is 0 Å². The van der Waals surface area contributed by atoms with E-state index in [1.807, 2.05) is 36.4 Å². The number of fused-ring (bicyclic) bond motifs is 1. The van der Waals surface area contributed by atoms with Gasteiger partial charge in [-0.3, -0.25) is 0 Å². The van der Waals surface area contributed by atoms with E-state index < -0.39 is 14.4 Å². The lowest BCUT2D eigenvalue weighted by atomic mass is 10.1. The van der Waals surface area contributed by atoms with Gasteiger partial charge in [-0.1, -0.05) is 45.0 Å². The third-order valence-electron chi connectivity index (χ3n) is 5.62. The van der Waals surface area contributed by atoms with E-state index >= 15 is 0 Å². The summed E-state index contributed by atoms with van der Waals surface area (Å²) in [4.78, 5) is 13.2. The van der Waals surface area contributed by atoms with E-state index in [0.717, 1.165) is 22.1 Å². The van der Waals surface area contributed by atoms with Crippen LogP contribution in [0.3, 0.4) is 0 Å². The Morgan fingerprint density at radius 1 is 0.931 bits per heavy atom. The first-order valence-electron chi connectivity index (χ1n) is 9.66. The number of hydrogen-bond acceptors (Lipinski definition) is 2. The molecule has 1 N–H and O–H groups in total. The summed E-state index contributed by atoms with van der Waals surface area (Å²) in [5.41, 5.74) is 2.02. The molecule has 5 heteroatoms. The molecule has 0 aromatic heterocycles. The molecule has 0 fully saturated rings. The van der Waals surface area contributed by atoms with Gasteiger partial charge in [-0.2, -0.15) is 0 Å². The van der Waals surface area contributed by atoms with E-state index in [0.29, 0.717) is 11.4 Å². The van der Waals surface area contributed by atoms with Gasteiger partial charge in [-0.05, 0) is 77.8 Å². The molecule has 1 radical (unpaired) electrons. The maximum atomic E-state index is 11.9. The van der Waals surface area contributed by atoms with Crippen LogP contribution in [0.2, 0.25) is 18.1 Å². The molecule has 29 heavy (non-hydrogen) atoms. The highest BCUT2D eigenvalue weighted by atomic mass is 28.4. The van der Waals surface area contributed by atoms with Crippen molar-refractivity contribution in [1.82, 2.24) is 0 Å². The summed E-state index contributed by atoms with van der Waals surface area (Å²) in [7, 11) is -1.92. The Kier molecular flexibility index (Phi) is 5.45. The monoisotopic (exact) mass is 406 g/mol. The van der Waals surface area contributed by atoms with E-state index in [1.165, 1.54) is 4.90 Å². The number of hydrogen-bond donors (Lipinski definition) is 1. The van der Waals surface area contributed by atoms with E-state index in [2.05, 4.69) is 40.8 Å². The number of benzene rings is 3. The van der Waals surface area contributed by atoms with Crippen molar-refractivity contribution in [3.05, 3.63) is 73.2 Å². The fourth-order valence-electron chi connectivity index (χ4n) is 2.88. The van der Waals surface area contributed by atoms with E-state index in [9.17, 15) is 9.90 Å². The van der Waals surface area contributed by atoms with Gasteiger partial charge in [0.05, 0.1) is 11.4 Å². The fourth-order valence-corrected chi connectivity index (χ4v) is 3.90. The fraction of sp³-hybridized carbons (Fsp3) is 0.250. The second-order valence-corrected chi connectivity index (χ2v) is 13.6. The summed E-state index contributed by atoms with van der Waals surface area (Å²) in [6.07, 6.45) is -1.03. The average Bonchev–Trinajstić information content (AvgIpc) is 2.62. The zero-order valence-corrected chi connectivity index (χ0v) is 18.7. The van der Waals surface area contributed by atoms with Gasteiger partial charge < -0.3 is 9.53 Å². The minimum atomic E-state index is -1.92. The zero-order valence-electron chi connectivity index (χ0n) is 17.7. The molecule has 3 aromatic rings. The number of anilines is 2. The molecule has 0 spiro atoms. The van der Waals surface area contributed by atoms with Crippen molar-refractivity contribution >= 4 is 36.6 Å². The molecule has 0 unspecified atom stereocenters. The van der Waals surface area contributed by atoms with Crippen molar-refractivity contribution in [3.8, 4) is 5.75 Å². The van der Waals surface area contributed by atoms with Crippen molar-refractivity contribution < 1.29 is 14.3 Å². The predicted octanol–water partition coefficient (Wildman–Crippen LogP) is 7.22. The van der Waals surface area contributed by atoms with Gasteiger partial charge in [0.15, 0.2) is 0 Å². The summed E-state index contributed by atoms with van der Waals surface area (Å²) in [6, 6.07) is 18.8. The molecule has 3 rings (SSSR count). The summed E-state index contributed by atoms with van der Waals surface area (Å²) in [5.74, 6) is 0.859. The van der Waals surface area contributed by atoms with Gasteiger partial charge in [-0.25, -0.2) is 9.69 Å². The van der Waals surface area contributed by atoms with Gasteiger partial charge in [0, 0.05) is 0 Å². The zero-order chi connectivity index (χ0) is 21.4. The van der Waals surface area contributed by atoms with Gasteiger partial charge >= 0.3 is 6.09 Å². The van der Waals surface area contributed by atoms with Crippen LogP contribution >= 0.6 is 0 Å². The second-order valence-electron chi connectivity index (χ2n) is 8.84. The molecule has 0 aliphatic carbocycles. The lowest BCUT2D eigenvalue weighted by molar-refractivity contribution is 0.205. The average molecular weight is 407 g/mol. The normalized spacial score (nSPS) is 12.1.